The normalized spacial score (nSPS) is 11.0. The Morgan fingerprint density at radius 1 is 0.889 bits per heavy atom. The summed E-state index contributed by atoms with van der Waals surface area (Å²) >= 11 is 3.35. The number of hydrogen-bond acceptors (Lipinski definition) is 3. The maximum absolute atomic E-state index is 12.9. The Balaban J connectivity index is 1.93. The molecule has 3 aromatic carbocycles. The molecule has 1 amide bonds. The van der Waals surface area contributed by atoms with Crippen molar-refractivity contribution in [1.29, 1.82) is 0 Å². The molecule has 0 bridgehead atoms. The van der Waals surface area contributed by atoms with Crippen LogP contribution >= 0.6 is 15.9 Å². The van der Waals surface area contributed by atoms with Gasteiger partial charge in [-0.15, -0.1) is 0 Å². The summed E-state index contributed by atoms with van der Waals surface area (Å²) in [5.74, 6) is -0.386. The minimum absolute atomic E-state index is 0.163. The highest BCUT2D eigenvalue weighted by atomic mass is 79.9. The van der Waals surface area contributed by atoms with Gasteiger partial charge in [-0.05, 0) is 48.5 Å². The van der Waals surface area contributed by atoms with Gasteiger partial charge in [-0.2, -0.15) is 0 Å². The summed E-state index contributed by atoms with van der Waals surface area (Å²) in [7, 11) is -2.34. The van der Waals surface area contributed by atoms with Gasteiger partial charge in [0.05, 0.1) is 16.1 Å². The maximum atomic E-state index is 12.9. The number of amides is 1. The van der Waals surface area contributed by atoms with Gasteiger partial charge in [0.1, 0.15) is 0 Å². The Hall–Kier alpha value is -2.64. The monoisotopic (exact) mass is 444 g/mol. The largest absolute Gasteiger partial charge is 0.322 e. The highest BCUT2D eigenvalue weighted by Gasteiger charge is 2.24. The number of rotatable bonds is 5. The van der Waals surface area contributed by atoms with Crippen molar-refractivity contribution < 1.29 is 13.2 Å². The molecule has 3 rings (SSSR count). The van der Waals surface area contributed by atoms with Crippen LogP contribution in [-0.4, -0.2) is 21.4 Å². The van der Waals surface area contributed by atoms with E-state index in [2.05, 4.69) is 21.2 Å². The van der Waals surface area contributed by atoms with Crippen molar-refractivity contribution in [1.82, 2.24) is 0 Å². The van der Waals surface area contributed by atoms with Gasteiger partial charge in [0.25, 0.3) is 15.9 Å². The van der Waals surface area contributed by atoms with Crippen LogP contribution in [0.5, 0.6) is 0 Å². The van der Waals surface area contributed by atoms with E-state index in [-0.39, 0.29) is 16.4 Å². The Bertz CT molecular complexity index is 1050. The zero-order valence-electron chi connectivity index (χ0n) is 14.5. The van der Waals surface area contributed by atoms with Crippen LogP contribution in [0.4, 0.5) is 11.4 Å². The standard InChI is InChI=1S/C20H17BrN2O3S/c1-23(27(25,26)17-7-3-2-4-8-17)19-10-6-5-9-18(19)20(24)22-16-13-11-15(21)12-14-16/h2-14H,1H3,(H,22,24). The van der Waals surface area contributed by atoms with E-state index in [4.69, 9.17) is 0 Å². The van der Waals surface area contributed by atoms with Crippen LogP contribution in [0.25, 0.3) is 0 Å². The van der Waals surface area contributed by atoms with Gasteiger partial charge in [-0.1, -0.05) is 46.3 Å². The van der Waals surface area contributed by atoms with Gasteiger partial charge in [0, 0.05) is 17.2 Å². The lowest BCUT2D eigenvalue weighted by Crippen LogP contribution is -2.29. The Kier molecular flexibility index (Phi) is 5.62. The summed E-state index contributed by atoms with van der Waals surface area (Å²) < 4.78 is 27.8. The number of para-hydroxylation sites is 1. The fraction of sp³-hybridized carbons (Fsp3) is 0.0500. The molecule has 0 aromatic heterocycles. The van der Waals surface area contributed by atoms with E-state index in [9.17, 15) is 13.2 Å². The third kappa shape index (κ3) is 4.20. The molecule has 0 atom stereocenters. The molecule has 0 fully saturated rings. The second kappa shape index (κ2) is 7.94. The smallest absolute Gasteiger partial charge is 0.264 e. The molecule has 0 aliphatic rings. The summed E-state index contributed by atoms with van der Waals surface area (Å²) in [6, 6.07) is 21.9. The number of anilines is 2. The minimum atomic E-state index is -3.78. The molecular weight excluding hydrogens is 428 g/mol. The minimum Gasteiger partial charge on any atom is -0.322 e. The zero-order valence-corrected chi connectivity index (χ0v) is 16.9. The second-order valence-corrected chi connectivity index (χ2v) is 8.65. The van der Waals surface area contributed by atoms with Crippen molar-refractivity contribution in [3.8, 4) is 0 Å². The average Bonchev–Trinajstić information content (AvgIpc) is 2.69. The van der Waals surface area contributed by atoms with Gasteiger partial charge in [0.15, 0.2) is 0 Å². The average molecular weight is 445 g/mol. The highest BCUT2D eigenvalue weighted by molar-refractivity contribution is 9.10. The molecule has 0 unspecified atom stereocenters. The molecule has 5 nitrogen and oxygen atoms in total. The van der Waals surface area contributed by atoms with E-state index in [0.29, 0.717) is 11.4 Å². The van der Waals surface area contributed by atoms with Crippen molar-refractivity contribution in [3.05, 3.63) is 88.9 Å². The van der Waals surface area contributed by atoms with Gasteiger partial charge in [0.2, 0.25) is 0 Å². The Morgan fingerprint density at radius 3 is 2.15 bits per heavy atom. The van der Waals surface area contributed by atoms with Crippen molar-refractivity contribution in [3.63, 3.8) is 0 Å². The number of carbonyl (C=O) groups is 1. The summed E-state index contributed by atoms with van der Waals surface area (Å²) in [6.07, 6.45) is 0. The first kappa shape index (κ1) is 19.1. The number of nitrogens with zero attached hydrogens (tertiary/aromatic N) is 1. The van der Waals surface area contributed by atoms with Crippen LogP contribution in [0.3, 0.4) is 0 Å². The van der Waals surface area contributed by atoms with Crippen LogP contribution in [0.15, 0.2) is 88.2 Å². The Morgan fingerprint density at radius 2 is 1.48 bits per heavy atom. The van der Waals surface area contributed by atoms with Crippen LogP contribution in [0.2, 0.25) is 0 Å². The third-order valence-corrected chi connectivity index (χ3v) is 6.31. The lowest BCUT2D eigenvalue weighted by Gasteiger charge is -2.22. The summed E-state index contributed by atoms with van der Waals surface area (Å²) in [4.78, 5) is 12.9. The van der Waals surface area contributed by atoms with Crippen molar-refractivity contribution in [2.45, 2.75) is 4.90 Å². The van der Waals surface area contributed by atoms with E-state index < -0.39 is 10.0 Å². The molecule has 138 valence electrons. The molecule has 0 aliphatic heterocycles. The third-order valence-electron chi connectivity index (χ3n) is 3.99. The fourth-order valence-corrected chi connectivity index (χ4v) is 4.05. The van der Waals surface area contributed by atoms with Crippen molar-refractivity contribution in [2.24, 2.45) is 0 Å². The molecule has 27 heavy (non-hydrogen) atoms. The van der Waals surface area contributed by atoms with Crippen molar-refractivity contribution >= 4 is 43.2 Å². The van der Waals surface area contributed by atoms with Gasteiger partial charge >= 0.3 is 0 Å². The van der Waals surface area contributed by atoms with E-state index in [0.717, 1.165) is 8.78 Å². The first-order chi connectivity index (χ1) is 12.9. The van der Waals surface area contributed by atoms with E-state index in [1.54, 1.807) is 54.6 Å². The van der Waals surface area contributed by atoms with Gasteiger partial charge in [-0.3, -0.25) is 9.10 Å². The maximum Gasteiger partial charge on any atom is 0.264 e. The lowest BCUT2D eigenvalue weighted by atomic mass is 10.1. The SMILES string of the molecule is CN(c1ccccc1C(=O)Nc1ccc(Br)cc1)S(=O)(=O)c1ccccc1. The molecule has 3 aromatic rings. The number of halogens is 1. The summed E-state index contributed by atoms with van der Waals surface area (Å²) in [5, 5.41) is 2.79. The Labute approximate surface area is 166 Å². The van der Waals surface area contributed by atoms with Crippen LogP contribution < -0.4 is 9.62 Å². The highest BCUT2D eigenvalue weighted by Crippen LogP contribution is 2.26. The number of carbonyl (C=O) groups excluding carboxylic acids is 1. The summed E-state index contributed by atoms with van der Waals surface area (Å²) in [5.41, 5.74) is 1.19. The molecule has 0 aliphatic carbocycles. The first-order valence-corrected chi connectivity index (χ1v) is 10.3. The van der Waals surface area contributed by atoms with Crippen LogP contribution in [-0.2, 0) is 10.0 Å². The van der Waals surface area contributed by atoms with Crippen LogP contribution in [0.1, 0.15) is 10.4 Å². The topological polar surface area (TPSA) is 66.5 Å². The lowest BCUT2D eigenvalue weighted by molar-refractivity contribution is 0.102. The molecule has 0 spiro atoms. The molecule has 0 radical (unpaired) electrons. The van der Waals surface area contributed by atoms with Crippen LogP contribution in [0, 0.1) is 0 Å². The molecular formula is C20H17BrN2O3S. The van der Waals surface area contributed by atoms with E-state index in [1.807, 2.05) is 12.1 Å². The van der Waals surface area contributed by atoms with E-state index >= 15 is 0 Å². The molecule has 0 heterocycles. The van der Waals surface area contributed by atoms with Gasteiger partial charge < -0.3 is 5.32 Å². The molecule has 1 N–H and O–H groups in total. The predicted molar refractivity (Wildman–Crippen MR) is 111 cm³/mol. The zero-order chi connectivity index (χ0) is 19.4. The number of hydrogen-bond donors (Lipinski definition) is 1. The fourth-order valence-electron chi connectivity index (χ4n) is 2.55. The quantitative estimate of drug-likeness (QED) is 0.628. The van der Waals surface area contributed by atoms with Gasteiger partial charge in [-0.25, -0.2) is 8.42 Å². The first-order valence-electron chi connectivity index (χ1n) is 8.09. The van der Waals surface area contributed by atoms with Crippen molar-refractivity contribution in [2.75, 3.05) is 16.7 Å². The summed E-state index contributed by atoms with van der Waals surface area (Å²) in [6.45, 7) is 0. The number of sulfonamides is 1. The molecule has 0 saturated heterocycles. The number of benzene rings is 3. The predicted octanol–water partition coefficient (Wildman–Crippen LogP) is 4.53. The second-order valence-electron chi connectivity index (χ2n) is 5.76. The van der Waals surface area contributed by atoms with E-state index in [1.165, 1.54) is 19.2 Å². The molecule has 7 heteroatoms. The molecule has 0 saturated carbocycles. The number of nitrogens with one attached hydrogen (secondary N) is 1.